The van der Waals surface area contributed by atoms with E-state index in [9.17, 15) is 14.4 Å². The monoisotopic (exact) mass is 388 g/mol. The van der Waals surface area contributed by atoms with Crippen LogP contribution < -0.4 is 10.2 Å². The predicted octanol–water partition coefficient (Wildman–Crippen LogP) is 4.26. The number of aryl methyl sites for hydroxylation is 1. The van der Waals surface area contributed by atoms with Crippen molar-refractivity contribution in [3.8, 4) is 0 Å². The van der Waals surface area contributed by atoms with Crippen LogP contribution in [0.4, 0.5) is 11.4 Å². The number of hydrogen-bond acceptors (Lipinski definition) is 3. The zero-order valence-corrected chi connectivity index (χ0v) is 16.8. The van der Waals surface area contributed by atoms with Gasteiger partial charge in [-0.15, -0.1) is 0 Å². The van der Waals surface area contributed by atoms with E-state index in [1.807, 2.05) is 51.1 Å². The Hall–Kier alpha value is -3.21. The average Bonchev–Trinajstić information content (AvgIpc) is 2.97. The Labute approximate surface area is 170 Å². The minimum atomic E-state index is -0.320. The van der Waals surface area contributed by atoms with Gasteiger partial charge in [-0.2, -0.15) is 0 Å². The molecule has 2 aromatic rings. The molecule has 2 aliphatic rings. The van der Waals surface area contributed by atoms with Gasteiger partial charge in [0.2, 0.25) is 11.8 Å². The van der Waals surface area contributed by atoms with E-state index >= 15 is 0 Å². The molecule has 0 radical (unpaired) electrons. The van der Waals surface area contributed by atoms with Crippen molar-refractivity contribution in [1.29, 1.82) is 0 Å². The maximum absolute atomic E-state index is 13.0. The summed E-state index contributed by atoms with van der Waals surface area (Å²) >= 11 is 0. The maximum atomic E-state index is 13.0. The third kappa shape index (κ3) is 3.27. The number of amides is 3. The molecule has 1 aliphatic carbocycles. The molecule has 0 bridgehead atoms. The fourth-order valence-corrected chi connectivity index (χ4v) is 4.27. The number of fused-ring (bicyclic) bond motifs is 1. The van der Waals surface area contributed by atoms with Crippen molar-refractivity contribution in [3.63, 3.8) is 0 Å². The number of hydrogen-bond donors (Lipinski definition) is 1. The van der Waals surface area contributed by atoms with E-state index < -0.39 is 0 Å². The van der Waals surface area contributed by atoms with E-state index in [4.69, 9.17) is 0 Å². The van der Waals surface area contributed by atoms with Crippen molar-refractivity contribution in [1.82, 2.24) is 0 Å². The summed E-state index contributed by atoms with van der Waals surface area (Å²) in [5, 5.41) is 2.93. The second-order valence-electron chi connectivity index (χ2n) is 7.92. The Balaban J connectivity index is 1.61. The molecule has 0 saturated carbocycles. The third-order valence-electron chi connectivity index (χ3n) is 6.09. The number of imide groups is 1. The third-order valence-corrected chi connectivity index (χ3v) is 6.09. The molecule has 1 fully saturated rings. The van der Waals surface area contributed by atoms with E-state index in [-0.39, 0.29) is 35.5 Å². The molecular formula is C24H24N2O3. The van der Waals surface area contributed by atoms with Crippen LogP contribution in [0.15, 0.2) is 54.6 Å². The summed E-state index contributed by atoms with van der Waals surface area (Å²) in [6, 6.07) is 12.5. The molecule has 2 aromatic carbocycles. The number of rotatable bonds is 3. The highest BCUT2D eigenvalue weighted by molar-refractivity contribution is 6.22. The van der Waals surface area contributed by atoms with Crippen molar-refractivity contribution in [2.45, 2.75) is 27.2 Å². The number of nitrogens with zero attached hydrogens (tertiary/aromatic N) is 1. The van der Waals surface area contributed by atoms with Gasteiger partial charge in [-0.3, -0.25) is 19.3 Å². The van der Waals surface area contributed by atoms with E-state index in [0.717, 1.165) is 16.8 Å². The number of nitrogens with one attached hydrogen (secondary N) is 1. The van der Waals surface area contributed by atoms with E-state index in [1.54, 1.807) is 24.3 Å². The second-order valence-corrected chi connectivity index (χ2v) is 7.92. The van der Waals surface area contributed by atoms with Crippen LogP contribution in [-0.2, 0) is 9.59 Å². The highest BCUT2D eigenvalue weighted by Gasteiger charge is 2.50. The number of benzene rings is 2. The number of anilines is 2. The molecule has 1 saturated heterocycles. The highest BCUT2D eigenvalue weighted by atomic mass is 16.2. The summed E-state index contributed by atoms with van der Waals surface area (Å²) in [7, 11) is 0. The highest BCUT2D eigenvalue weighted by Crippen LogP contribution is 2.40. The van der Waals surface area contributed by atoms with Gasteiger partial charge in [0.05, 0.1) is 17.5 Å². The molecule has 1 aliphatic heterocycles. The summed E-state index contributed by atoms with van der Waals surface area (Å²) in [4.78, 5) is 40.0. The van der Waals surface area contributed by atoms with Crippen molar-refractivity contribution in [3.05, 3.63) is 71.3 Å². The molecule has 0 spiro atoms. The molecule has 1 N–H and O–H groups in total. The van der Waals surface area contributed by atoms with Crippen LogP contribution in [-0.4, -0.2) is 17.7 Å². The van der Waals surface area contributed by atoms with E-state index in [2.05, 4.69) is 5.32 Å². The molecular weight excluding hydrogens is 364 g/mol. The predicted molar refractivity (Wildman–Crippen MR) is 113 cm³/mol. The topological polar surface area (TPSA) is 66.5 Å². The lowest BCUT2D eigenvalue weighted by atomic mass is 9.78. The van der Waals surface area contributed by atoms with Crippen LogP contribution in [0.3, 0.4) is 0 Å². The lowest BCUT2D eigenvalue weighted by molar-refractivity contribution is -0.122. The van der Waals surface area contributed by atoms with Crippen LogP contribution in [0.25, 0.3) is 0 Å². The van der Waals surface area contributed by atoms with Gasteiger partial charge in [-0.05, 0) is 61.6 Å². The first kappa shape index (κ1) is 19.1. The van der Waals surface area contributed by atoms with Gasteiger partial charge in [0.25, 0.3) is 5.91 Å². The van der Waals surface area contributed by atoms with E-state index in [0.29, 0.717) is 17.7 Å². The summed E-state index contributed by atoms with van der Waals surface area (Å²) in [6.45, 7) is 5.92. The molecule has 3 amide bonds. The zero-order chi connectivity index (χ0) is 20.7. The van der Waals surface area contributed by atoms with Gasteiger partial charge in [0.15, 0.2) is 0 Å². The van der Waals surface area contributed by atoms with E-state index in [1.165, 1.54) is 4.90 Å². The minimum Gasteiger partial charge on any atom is -0.322 e. The lowest BCUT2D eigenvalue weighted by Crippen LogP contribution is -2.31. The Bertz CT molecular complexity index is 1040. The molecule has 148 valence electrons. The standard InChI is InChI=1S/C24H24N2O3/c1-14-7-5-12-20(16(14)3)25-22(27)17-9-6-10-18(13-17)26-23(28)19-11-4-8-15(2)21(19)24(26)29/h4-10,12-13,15,19,21H,11H2,1-3H3,(H,25,27)/t15-,19-,21-/m1/s1. The molecule has 3 atom stereocenters. The van der Waals surface area contributed by atoms with Crippen LogP contribution in [0.1, 0.15) is 34.8 Å². The van der Waals surface area contributed by atoms with Crippen LogP contribution in [0.5, 0.6) is 0 Å². The number of carbonyl (C=O) groups is 3. The Kier molecular flexibility index (Phi) is 4.82. The normalized spacial score (nSPS) is 23.3. The van der Waals surface area contributed by atoms with Gasteiger partial charge in [-0.25, -0.2) is 0 Å². The smallest absolute Gasteiger partial charge is 0.255 e. The summed E-state index contributed by atoms with van der Waals surface area (Å²) in [5.74, 6) is -1.22. The average molecular weight is 388 g/mol. The first-order chi connectivity index (χ1) is 13.9. The van der Waals surface area contributed by atoms with Crippen molar-refractivity contribution >= 4 is 29.1 Å². The van der Waals surface area contributed by atoms with Crippen molar-refractivity contribution < 1.29 is 14.4 Å². The van der Waals surface area contributed by atoms with Gasteiger partial charge in [-0.1, -0.05) is 37.3 Å². The first-order valence-electron chi connectivity index (χ1n) is 9.90. The molecule has 4 rings (SSSR count). The zero-order valence-electron chi connectivity index (χ0n) is 16.8. The fourth-order valence-electron chi connectivity index (χ4n) is 4.27. The SMILES string of the molecule is Cc1cccc(NC(=O)c2cccc(N3C(=O)[C@@H]4[C@H](C)C=CC[C@H]4C3=O)c2)c1C. The van der Waals surface area contributed by atoms with Gasteiger partial charge in [0.1, 0.15) is 0 Å². The van der Waals surface area contributed by atoms with Gasteiger partial charge < -0.3 is 5.32 Å². The molecule has 1 heterocycles. The number of allylic oxidation sites excluding steroid dienone is 2. The summed E-state index contributed by atoms with van der Waals surface area (Å²) in [6.07, 6.45) is 4.57. The van der Waals surface area contributed by atoms with Gasteiger partial charge >= 0.3 is 0 Å². The van der Waals surface area contributed by atoms with Crippen molar-refractivity contribution in [2.24, 2.45) is 17.8 Å². The number of carbonyl (C=O) groups excluding carboxylic acids is 3. The van der Waals surface area contributed by atoms with Crippen molar-refractivity contribution in [2.75, 3.05) is 10.2 Å². The minimum absolute atomic E-state index is 0.0333. The molecule has 5 nitrogen and oxygen atoms in total. The summed E-state index contributed by atoms with van der Waals surface area (Å²) in [5.41, 5.74) is 3.71. The Morgan fingerprint density at radius 3 is 2.59 bits per heavy atom. The van der Waals surface area contributed by atoms with Crippen LogP contribution in [0.2, 0.25) is 0 Å². The maximum Gasteiger partial charge on any atom is 0.255 e. The lowest BCUT2D eigenvalue weighted by Gasteiger charge is -2.22. The van der Waals surface area contributed by atoms with Gasteiger partial charge in [0, 0.05) is 11.3 Å². The van der Waals surface area contributed by atoms with Crippen LogP contribution >= 0.6 is 0 Å². The Morgan fingerprint density at radius 2 is 1.83 bits per heavy atom. The largest absolute Gasteiger partial charge is 0.322 e. The quantitative estimate of drug-likeness (QED) is 0.631. The molecule has 0 aromatic heterocycles. The Morgan fingerprint density at radius 1 is 1.07 bits per heavy atom. The fraction of sp³-hybridized carbons (Fsp3) is 0.292. The molecule has 0 unspecified atom stereocenters. The summed E-state index contributed by atoms with van der Waals surface area (Å²) < 4.78 is 0. The second kappa shape index (κ2) is 7.32. The molecule has 5 heteroatoms. The first-order valence-corrected chi connectivity index (χ1v) is 9.90. The van der Waals surface area contributed by atoms with Crippen LogP contribution in [0, 0.1) is 31.6 Å². The molecule has 29 heavy (non-hydrogen) atoms.